The van der Waals surface area contributed by atoms with Crippen LogP contribution < -0.4 is 5.32 Å². The number of rotatable bonds is 4. The molecule has 0 spiro atoms. The molecule has 0 heterocycles. The number of nitrogens with one attached hydrogen (secondary N) is 1. The van der Waals surface area contributed by atoms with Crippen LogP contribution in [0.5, 0.6) is 0 Å². The molecule has 1 aromatic rings. The minimum atomic E-state index is -0.990. The smallest absolute Gasteiger partial charge is 0.340 e. The van der Waals surface area contributed by atoms with Crippen LogP contribution in [0.3, 0.4) is 0 Å². The van der Waals surface area contributed by atoms with Crippen molar-refractivity contribution in [1.82, 2.24) is 5.32 Å². The van der Waals surface area contributed by atoms with Gasteiger partial charge in [-0.1, -0.05) is 48.9 Å². The van der Waals surface area contributed by atoms with Gasteiger partial charge in [-0.25, -0.2) is 9.18 Å². The van der Waals surface area contributed by atoms with Crippen LogP contribution in [0.4, 0.5) is 4.39 Å². The Balaban J connectivity index is 1.95. The second-order valence-electron chi connectivity index (χ2n) is 5.99. The average molecular weight is 376 g/mol. The van der Waals surface area contributed by atoms with Crippen molar-refractivity contribution in [3.63, 3.8) is 0 Å². The second kappa shape index (κ2) is 8.67. The van der Waals surface area contributed by atoms with Crippen LogP contribution in [0.1, 0.15) is 55.8 Å². The summed E-state index contributed by atoms with van der Waals surface area (Å²) in [6.45, 7) is 1.48. The molecule has 0 bridgehead atoms. The van der Waals surface area contributed by atoms with E-state index in [0.29, 0.717) is 0 Å². The number of ether oxygens (including phenoxy) is 1. The van der Waals surface area contributed by atoms with Crippen molar-refractivity contribution in [3.8, 4) is 0 Å². The lowest BCUT2D eigenvalue weighted by atomic mass is 10.1. The van der Waals surface area contributed by atoms with Crippen molar-refractivity contribution in [2.45, 2.75) is 57.6 Å². The summed E-state index contributed by atoms with van der Waals surface area (Å²) in [5, 5.41) is 2.70. The van der Waals surface area contributed by atoms with Crippen LogP contribution in [0.15, 0.2) is 12.1 Å². The van der Waals surface area contributed by atoms with Gasteiger partial charge in [0.1, 0.15) is 5.82 Å². The SMILES string of the molecule is C[C@@H](OC(=O)c1cc(F)c(Cl)cc1Cl)C(=O)NC1CCCCCC1. The highest BCUT2D eigenvalue weighted by Crippen LogP contribution is 2.25. The van der Waals surface area contributed by atoms with Crippen LogP contribution in [-0.2, 0) is 9.53 Å². The summed E-state index contributed by atoms with van der Waals surface area (Å²) in [6.07, 6.45) is 5.39. The first kappa shape index (κ1) is 19.0. The Morgan fingerprint density at radius 1 is 1.17 bits per heavy atom. The maximum absolute atomic E-state index is 13.5. The van der Waals surface area contributed by atoms with Crippen molar-refractivity contribution in [3.05, 3.63) is 33.6 Å². The van der Waals surface area contributed by atoms with Crippen LogP contribution in [-0.4, -0.2) is 24.0 Å². The maximum Gasteiger partial charge on any atom is 0.340 e. The van der Waals surface area contributed by atoms with Gasteiger partial charge in [-0.15, -0.1) is 0 Å². The van der Waals surface area contributed by atoms with Gasteiger partial charge in [0.05, 0.1) is 15.6 Å². The fraction of sp³-hybridized carbons (Fsp3) is 0.529. The van der Waals surface area contributed by atoms with Crippen molar-refractivity contribution in [1.29, 1.82) is 0 Å². The third-order valence-corrected chi connectivity index (χ3v) is 4.69. The largest absolute Gasteiger partial charge is 0.449 e. The molecule has 24 heavy (non-hydrogen) atoms. The van der Waals surface area contributed by atoms with E-state index in [2.05, 4.69) is 5.32 Å². The van der Waals surface area contributed by atoms with Crippen LogP contribution in [0, 0.1) is 5.82 Å². The molecule has 1 amide bonds. The van der Waals surface area contributed by atoms with Crippen LogP contribution >= 0.6 is 23.2 Å². The van der Waals surface area contributed by atoms with Crippen LogP contribution in [0.2, 0.25) is 10.0 Å². The summed E-state index contributed by atoms with van der Waals surface area (Å²) in [6, 6.07) is 2.14. The Kier molecular flexibility index (Phi) is 6.87. The Hall–Kier alpha value is -1.33. The second-order valence-corrected chi connectivity index (χ2v) is 6.81. The molecule has 7 heteroatoms. The average Bonchev–Trinajstić information content (AvgIpc) is 2.79. The van der Waals surface area contributed by atoms with Gasteiger partial charge in [-0.05, 0) is 31.9 Å². The summed E-state index contributed by atoms with van der Waals surface area (Å²) >= 11 is 11.5. The number of hydrogen-bond donors (Lipinski definition) is 1. The zero-order valence-electron chi connectivity index (χ0n) is 13.4. The third-order valence-electron chi connectivity index (χ3n) is 4.08. The molecule has 2 rings (SSSR count). The molecule has 1 aliphatic carbocycles. The lowest BCUT2D eigenvalue weighted by Crippen LogP contribution is -2.41. The Morgan fingerprint density at radius 3 is 2.42 bits per heavy atom. The van der Waals surface area contributed by atoms with E-state index in [0.717, 1.165) is 37.8 Å². The molecule has 1 aromatic carbocycles. The topological polar surface area (TPSA) is 55.4 Å². The molecule has 0 aliphatic heterocycles. The van der Waals surface area contributed by atoms with Gasteiger partial charge in [0.15, 0.2) is 6.10 Å². The summed E-state index contributed by atoms with van der Waals surface area (Å²) in [5.74, 6) is -2.00. The van der Waals surface area contributed by atoms with E-state index in [9.17, 15) is 14.0 Å². The highest BCUT2D eigenvalue weighted by Gasteiger charge is 2.24. The zero-order valence-corrected chi connectivity index (χ0v) is 14.9. The van der Waals surface area contributed by atoms with E-state index in [1.165, 1.54) is 19.8 Å². The maximum atomic E-state index is 13.5. The van der Waals surface area contributed by atoms with Gasteiger partial charge >= 0.3 is 5.97 Å². The molecular formula is C17H20Cl2FNO3. The van der Waals surface area contributed by atoms with Crippen molar-refractivity contribution < 1.29 is 18.7 Å². The van der Waals surface area contributed by atoms with Crippen LogP contribution in [0.25, 0.3) is 0 Å². The number of hydrogen-bond acceptors (Lipinski definition) is 3. The molecule has 0 aromatic heterocycles. The molecule has 1 fully saturated rings. The van der Waals surface area contributed by atoms with Crippen molar-refractivity contribution in [2.75, 3.05) is 0 Å². The van der Waals surface area contributed by atoms with Gasteiger partial charge in [-0.3, -0.25) is 4.79 Å². The van der Waals surface area contributed by atoms with Gasteiger partial charge in [0.25, 0.3) is 5.91 Å². The quantitative estimate of drug-likeness (QED) is 0.478. The molecule has 0 saturated heterocycles. The number of carbonyl (C=O) groups is 2. The molecule has 0 unspecified atom stereocenters. The van der Waals surface area contributed by atoms with Gasteiger partial charge in [-0.2, -0.15) is 0 Å². The highest BCUT2D eigenvalue weighted by molar-refractivity contribution is 6.36. The Labute approximate surface area is 150 Å². The van der Waals surface area contributed by atoms with Gasteiger partial charge in [0.2, 0.25) is 0 Å². The third kappa shape index (κ3) is 5.08. The molecule has 1 saturated carbocycles. The van der Waals surface area contributed by atoms with Crippen molar-refractivity contribution >= 4 is 35.1 Å². The number of carbonyl (C=O) groups excluding carboxylic acids is 2. The Morgan fingerprint density at radius 2 is 1.79 bits per heavy atom. The first-order valence-electron chi connectivity index (χ1n) is 8.04. The summed E-state index contributed by atoms with van der Waals surface area (Å²) in [5.41, 5.74) is -0.160. The lowest BCUT2D eigenvalue weighted by Gasteiger charge is -2.19. The molecule has 1 atom stereocenters. The fourth-order valence-corrected chi connectivity index (χ4v) is 3.16. The van der Waals surface area contributed by atoms with E-state index >= 15 is 0 Å². The molecule has 0 radical (unpaired) electrons. The molecule has 132 valence electrons. The molecule has 1 N–H and O–H groups in total. The van der Waals surface area contributed by atoms with Gasteiger partial charge in [0, 0.05) is 6.04 Å². The van der Waals surface area contributed by atoms with Crippen molar-refractivity contribution in [2.24, 2.45) is 0 Å². The molecular weight excluding hydrogens is 356 g/mol. The first-order chi connectivity index (χ1) is 11.4. The highest BCUT2D eigenvalue weighted by atomic mass is 35.5. The standard InChI is InChI=1S/C17H20Cl2FNO3/c1-10(16(22)21-11-6-4-2-3-5-7-11)24-17(23)12-8-15(20)14(19)9-13(12)18/h8-11H,2-7H2,1H3,(H,21,22)/t10-/m1/s1. The van der Waals surface area contributed by atoms with E-state index in [-0.39, 0.29) is 27.6 Å². The van der Waals surface area contributed by atoms with E-state index in [1.54, 1.807) is 0 Å². The fourth-order valence-electron chi connectivity index (χ4n) is 2.70. The minimum absolute atomic E-state index is 0.0252. The zero-order chi connectivity index (χ0) is 17.7. The van der Waals surface area contributed by atoms with E-state index in [4.69, 9.17) is 27.9 Å². The molecule has 4 nitrogen and oxygen atoms in total. The monoisotopic (exact) mass is 375 g/mol. The predicted molar refractivity (Wildman–Crippen MR) is 90.9 cm³/mol. The van der Waals surface area contributed by atoms with E-state index < -0.39 is 17.9 Å². The normalized spacial score (nSPS) is 17.0. The first-order valence-corrected chi connectivity index (χ1v) is 8.80. The van der Waals surface area contributed by atoms with E-state index in [1.807, 2.05) is 0 Å². The Bertz CT molecular complexity index is 616. The number of esters is 1. The number of amides is 1. The lowest BCUT2D eigenvalue weighted by molar-refractivity contribution is -0.129. The summed E-state index contributed by atoms with van der Waals surface area (Å²) in [4.78, 5) is 24.3. The number of benzene rings is 1. The minimum Gasteiger partial charge on any atom is -0.449 e. The van der Waals surface area contributed by atoms with Gasteiger partial charge < -0.3 is 10.1 Å². The number of halogens is 3. The summed E-state index contributed by atoms with van der Waals surface area (Å²) < 4.78 is 18.6. The predicted octanol–water partition coefficient (Wildman–Crippen LogP) is 4.52. The molecule has 1 aliphatic rings. The summed E-state index contributed by atoms with van der Waals surface area (Å²) in [7, 11) is 0.